The van der Waals surface area contributed by atoms with Crippen LogP contribution in [0.25, 0.3) is 5.69 Å². The Morgan fingerprint density at radius 3 is 2.77 bits per heavy atom. The second kappa shape index (κ2) is 7.20. The fourth-order valence-electron chi connectivity index (χ4n) is 2.15. The monoisotopic (exact) mass is 382 g/mol. The molecular weight excluding hydrogens is 369 g/mol. The number of amides is 1. The number of nitrogens with zero attached hydrogens (tertiary/aromatic N) is 5. The van der Waals surface area contributed by atoms with Crippen molar-refractivity contribution >= 4 is 23.4 Å². The van der Waals surface area contributed by atoms with E-state index in [4.69, 9.17) is 0 Å². The largest absolute Gasteiger partial charge is 0.416 e. The van der Waals surface area contributed by atoms with Crippen LogP contribution in [-0.4, -0.2) is 36.0 Å². The number of alkyl halides is 3. The number of carbonyl (C=O) groups is 1. The molecule has 11 heteroatoms. The fourth-order valence-corrected chi connectivity index (χ4v) is 2.88. The second-order valence-corrected chi connectivity index (χ2v) is 6.17. The molecule has 0 bridgehead atoms. The number of aromatic nitrogens is 5. The van der Waals surface area contributed by atoms with Gasteiger partial charge >= 0.3 is 6.18 Å². The van der Waals surface area contributed by atoms with Gasteiger partial charge in [-0.1, -0.05) is 11.8 Å². The van der Waals surface area contributed by atoms with Crippen LogP contribution in [-0.2, 0) is 18.0 Å². The number of aryl methyl sites for hydroxylation is 1. The third-order valence-corrected chi connectivity index (χ3v) is 4.43. The van der Waals surface area contributed by atoms with E-state index in [1.807, 2.05) is 0 Å². The van der Waals surface area contributed by atoms with Gasteiger partial charge in [-0.3, -0.25) is 4.79 Å². The summed E-state index contributed by atoms with van der Waals surface area (Å²) in [6.45, 7) is 0. The molecule has 2 heterocycles. The van der Waals surface area contributed by atoms with E-state index in [0.29, 0.717) is 5.16 Å². The first-order chi connectivity index (χ1) is 12.3. The molecule has 1 amide bonds. The molecule has 2 aromatic heterocycles. The first-order valence-electron chi connectivity index (χ1n) is 7.31. The minimum atomic E-state index is -4.53. The van der Waals surface area contributed by atoms with Crippen molar-refractivity contribution in [2.24, 2.45) is 7.05 Å². The van der Waals surface area contributed by atoms with Gasteiger partial charge in [-0.15, -0.1) is 0 Å². The van der Waals surface area contributed by atoms with Gasteiger partial charge < -0.3 is 9.88 Å². The summed E-state index contributed by atoms with van der Waals surface area (Å²) in [4.78, 5) is 20.1. The van der Waals surface area contributed by atoms with Gasteiger partial charge in [0.1, 0.15) is 12.7 Å². The molecule has 0 fully saturated rings. The molecule has 0 atom stereocenters. The number of hydrogen-bond donors (Lipinski definition) is 1. The van der Waals surface area contributed by atoms with Crippen LogP contribution in [0.15, 0.2) is 48.4 Å². The maximum absolute atomic E-state index is 13.0. The molecule has 7 nitrogen and oxygen atoms in total. The van der Waals surface area contributed by atoms with Crippen LogP contribution in [0.2, 0.25) is 0 Å². The highest BCUT2D eigenvalue weighted by Crippen LogP contribution is 2.33. The summed E-state index contributed by atoms with van der Waals surface area (Å²) in [6, 6.07) is 3.04. The first-order valence-corrected chi connectivity index (χ1v) is 8.29. The van der Waals surface area contributed by atoms with Crippen molar-refractivity contribution in [2.75, 3.05) is 11.1 Å². The maximum atomic E-state index is 13.0. The number of rotatable bonds is 5. The van der Waals surface area contributed by atoms with E-state index in [1.165, 1.54) is 35.2 Å². The SMILES string of the molecule is Cn1ccnc1SCC(=O)Nc1cc(C(F)(F)F)ccc1-n1cncn1. The van der Waals surface area contributed by atoms with Crippen molar-refractivity contribution in [3.05, 3.63) is 48.8 Å². The predicted molar refractivity (Wildman–Crippen MR) is 88.9 cm³/mol. The van der Waals surface area contributed by atoms with Crippen LogP contribution in [0.4, 0.5) is 18.9 Å². The van der Waals surface area contributed by atoms with Gasteiger partial charge in [0.2, 0.25) is 5.91 Å². The van der Waals surface area contributed by atoms with Crippen LogP contribution in [0.3, 0.4) is 0 Å². The molecule has 0 saturated heterocycles. The van der Waals surface area contributed by atoms with Crippen molar-refractivity contribution in [1.29, 1.82) is 0 Å². The molecule has 0 aliphatic carbocycles. The zero-order valence-corrected chi connectivity index (χ0v) is 14.3. The number of benzene rings is 1. The summed E-state index contributed by atoms with van der Waals surface area (Å²) in [5, 5.41) is 7.03. The normalized spacial score (nSPS) is 11.5. The lowest BCUT2D eigenvalue weighted by molar-refractivity contribution is -0.137. The van der Waals surface area contributed by atoms with Crippen LogP contribution in [0.5, 0.6) is 0 Å². The number of thioether (sulfide) groups is 1. The van der Waals surface area contributed by atoms with Gasteiger partial charge in [-0.05, 0) is 18.2 Å². The number of halogens is 3. The highest BCUT2D eigenvalue weighted by atomic mass is 32.2. The van der Waals surface area contributed by atoms with Gasteiger partial charge in [0, 0.05) is 19.4 Å². The summed E-state index contributed by atoms with van der Waals surface area (Å²) < 4.78 is 42.0. The number of nitrogens with one attached hydrogen (secondary N) is 1. The van der Waals surface area contributed by atoms with E-state index in [2.05, 4.69) is 20.4 Å². The Kier molecular flexibility index (Phi) is 4.98. The Balaban J connectivity index is 1.82. The van der Waals surface area contributed by atoms with Gasteiger partial charge in [-0.2, -0.15) is 18.3 Å². The van der Waals surface area contributed by atoms with Gasteiger partial charge in [0.25, 0.3) is 0 Å². The number of carbonyl (C=O) groups excluding carboxylic acids is 1. The average Bonchev–Trinajstić information content (AvgIpc) is 3.24. The van der Waals surface area contributed by atoms with Gasteiger partial charge in [0.05, 0.1) is 22.7 Å². The van der Waals surface area contributed by atoms with E-state index in [0.717, 1.165) is 12.1 Å². The van der Waals surface area contributed by atoms with Crippen LogP contribution in [0.1, 0.15) is 5.56 Å². The van der Waals surface area contributed by atoms with Gasteiger partial charge in [-0.25, -0.2) is 14.6 Å². The highest BCUT2D eigenvalue weighted by Gasteiger charge is 2.31. The van der Waals surface area contributed by atoms with E-state index in [-0.39, 0.29) is 17.1 Å². The maximum Gasteiger partial charge on any atom is 0.416 e. The molecule has 0 aliphatic rings. The minimum Gasteiger partial charge on any atom is -0.329 e. The minimum absolute atomic E-state index is 0.00209. The molecule has 3 aromatic rings. The first kappa shape index (κ1) is 18.0. The summed E-state index contributed by atoms with van der Waals surface area (Å²) in [5.74, 6) is -0.462. The Morgan fingerprint density at radius 2 is 2.15 bits per heavy atom. The predicted octanol–water partition coefficient (Wildman–Crippen LogP) is 2.75. The molecule has 26 heavy (non-hydrogen) atoms. The molecule has 1 N–H and O–H groups in total. The molecule has 0 saturated carbocycles. The molecule has 136 valence electrons. The van der Waals surface area contributed by atoms with E-state index < -0.39 is 17.6 Å². The average molecular weight is 382 g/mol. The second-order valence-electron chi connectivity index (χ2n) is 5.23. The number of imidazole rings is 1. The quantitative estimate of drug-likeness (QED) is 0.687. The Bertz CT molecular complexity index is 907. The zero-order valence-electron chi connectivity index (χ0n) is 13.4. The Hall–Kier alpha value is -2.82. The summed E-state index contributed by atoms with van der Waals surface area (Å²) in [5.41, 5.74) is -0.588. The highest BCUT2D eigenvalue weighted by molar-refractivity contribution is 7.99. The lowest BCUT2D eigenvalue weighted by Crippen LogP contribution is -2.17. The van der Waals surface area contributed by atoms with Crippen molar-refractivity contribution < 1.29 is 18.0 Å². The molecular formula is C15H13F3N6OS. The van der Waals surface area contributed by atoms with E-state index in [1.54, 1.807) is 24.0 Å². The number of hydrogen-bond acceptors (Lipinski definition) is 5. The third-order valence-electron chi connectivity index (χ3n) is 3.37. The van der Waals surface area contributed by atoms with E-state index in [9.17, 15) is 18.0 Å². The summed E-state index contributed by atoms with van der Waals surface area (Å²) in [7, 11) is 1.78. The van der Waals surface area contributed by atoms with Crippen molar-refractivity contribution in [3.8, 4) is 5.69 Å². The van der Waals surface area contributed by atoms with Crippen LogP contribution in [0, 0.1) is 0 Å². The van der Waals surface area contributed by atoms with Crippen LogP contribution < -0.4 is 5.32 Å². The molecule has 0 spiro atoms. The standard InChI is InChI=1S/C15H13F3N6OS/c1-23-5-4-20-14(23)26-7-13(25)22-11-6-10(15(16,17)18)2-3-12(11)24-9-19-8-21-24/h2-6,8-9H,7H2,1H3,(H,22,25). The fraction of sp³-hybridized carbons (Fsp3) is 0.200. The van der Waals surface area contributed by atoms with Crippen molar-refractivity contribution in [3.63, 3.8) is 0 Å². The topological polar surface area (TPSA) is 77.6 Å². The third kappa shape index (κ3) is 4.04. The van der Waals surface area contributed by atoms with Gasteiger partial charge in [0.15, 0.2) is 5.16 Å². The lowest BCUT2D eigenvalue weighted by Gasteiger charge is -2.14. The van der Waals surface area contributed by atoms with Crippen LogP contribution >= 0.6 is 11.8 Å². The Morgan fingerprint density at radius 1 is 1.35 bits per heavy atom. The smallest absolute Gasteiger partial charge is 0.329 e. The molecule has 3 rings (SSSR count). The summed E-state index contributed by atoms with van der Waals surface area (Å²) in [6.07, 6.45) is 1.38. The molecule has 0 aliphatic heterocycles. The van der Waals surface area contributed by atoms with Crippen molar-refractivity contribution in [1.82, 2.24) is 24.3 Å². The molecule has 1 aromatic carbocycles. The van der Waals surface area contributed by atoms with Crippen molar-refractivity contribution in [2.45, 2.75) is 11.3 Å². The lowest BCUT2D eigenvalue weighted by atomic mass is 10.1. The van der Waals surface area contributed by atoms with E-state index >= 15 is 0 Å². The summed E-state index contributed by atoms with van der Waals surface area (Å²) >= 11 is 1.18. The molecule has 0 radical (unpaired) electrons. The Labute approximate surface area is 150 Å². The zero-order chi connectivity index (χ0) is 18.7. The number of anilines is 1. The molecule has 0 unspecified atom stereocenters.